The molecule has 0 bridgehead atoms. The van der Waals surface area contributed by atoms with E-state index in [4.69, 9.17) is 4.74 Å². The molecule has 3 N–H and O–H groups in total. The van der Waals surface area contributed by atoms with Gasteiger partial charge in [0.2, 0.25) is 11.8 Å². The molecule has 2 heterocycles. The second-order valence-corrected chi connectivity index (χ2v) is 9.26. The van der Waals surface area contributed by atoms with E-state index in [9.17, 15) is 14.4 Å². The molecule has 2 saturated heterocycles. The first-order chi connectivity index (χ1) is 12.6. The largest absolute Gasteiger partial charge is 0.444 e. The molecule has 28 heavy (non-hydrogen) atoms. The van der Waals surface area contributed by atoms with E-state index in [0.29, 0.717) is 24.9 Å². The summed E-state index contributed by atoms with van der Waals surface area (Å²) in [6, 6.07) is 0. The molecule has 9 heteroatoms. The van der Waals surface area contributed by atoms with Crippen LogP contribution in [0.2, 0.25) is 0 Å². The molecule has 0 aromatic heterocycles. The highest BCUT2D eigenvalue weighted by atomic mass is 35.5. The van der Waals surface area contributed by atoms with Crippen LogP contribution >= 0.6 is 12.4 Å². The van der Waals surface area contributed by atoms with Gasteiger partial charge in [-0.25, -0.2) is 4.79 Å². The number of nitrogens with one attached hydrogen (secondary N) is 3. The molecule has 2 aliphatic carbocycles. The van der Waals surface area contributed by atoms with Crippen LogP contribution in [0.3, 0.4) is 0 Å². The molecule has 8 nitrogen and oxygen atoms in total. The van der Waals surface area contributed by atoms with Crippen molar-refractivity contribution in [2.45, 2.75) is 39.2 Å². The van der Waals surface area contributed by atoms with Gasteiger partial charge in [-0.15, -0.1) is 12.4 Å². The average molecular weight is 417 g/mol. The maximum atomic E-state index is 11.9. The minimum atomic E-state index is -0.482. The fourth-order valence-electron chi connectivity index (χ4n) is 4.49. The van der Waals surface area contributed by atoms with E-state index >= 15 is 0 Å². The summed E-state index contributed by atoms with van der Waals surface area (Å²) < 4.78 is 5.30. The molecule has 0 spiro atoms. The number of nitrogens with zero attached hydrogens (tertiary/aromatic N) is 1. The highest BCUT2D eigenvalue weighted by Crippen LogP contribution is 2.58. The molecule has 0 radical (unpaired) electrons. The normalized spacial score (nSPS) is 34.0. The number of amides is 3. The lowest BCUT2D eigenvalue weighted by Gasteiger charge is -2.26. The first-order valence-electron chi connectivity index (χ1n) is 9.71. The summed E-state index contributed by atoms with van der Waals surface area (Å²) in [5, 5.41) is 8.61. The maximum absolute atomic E-state index is 11.9. The van der Waals surface area contributed by atoms with E-state index in [-0.39, 0.29) is 41.1 Å². The smallest absolute Gasteiger partial charge is 0.410 e. The highest BCUT2D eigenvalue weighted by molar-refractivity contribution is 5.88. The van der Waals surface area contributed by atoms with Crippen LogP contribution in [0.25, 0.3) is 0 Å². The summed E-state index contributed by atoms with van der Waals surface area (Å²) in [7, 11) is 3.35. The lowest BCUT2D eigenvalue weighted by atomic mass is 10.1. The summed E-state index contributed by atoms with van der Waals surface area (Å²) in [5.41, 5.74) is -0.801. The lowest BCUT2D eigenvalue weighted by molar-refractivity contribution is -0.126. The van der Waals surface area contributed by atoms with Crippen LogP contribution < -0.4 is 16.0 Å². The molecule has 2 saturated carbocycles. The van der Waals surface area contributed by atoms with E-state index in [1.807, 2.05) is 20.8 Å². The Kier molecular flexibility index (Phi) is 6.26. The molecule has 0 aromatic carbocycles. The Morgan fingerprint density at radius 3 is 2.07 bits per heavy atom. The third-order valence-electron chi connectivity index (χ3n) is 6.22. The van der Waals surface area contributed by atoms with Crippen LogP contribution in [0, 0.1) is 22.7 Å². The number of carbonyl (C=O) groups is 3. The number of fused-ring (bicyclic) bond motifs is 2. The fourth-order valence-corrected chi connectivity index (χ4v) is 4.49. The van der Waals surface area contributed by atoms with Crippen LogP contribution in [0.15, 0.2) is 0 Å². The first kappa shape index (κ1) is 22.7. The Morgan fingerprint density at radius 2 is 1.61 bits per heavy atom. The second kappa shape index (κ2) is 7.71. The van der Waals surface area contributed by atoms with Crippen LogP contribution in [0.1, 0.15) is 33.6 Å². The Labute approximate surface area is 172 Å². The quantitative estimate of drug-likeness (QED) is 0.617. The molecule has 160 valence electrons. The summed E-state index contributed by atoms with van der Waals surface area (Å²) in [4.78, 5) is 36.5. The average Bonchev–Trinajstić information content (AvgIpc) is 3.41. The summed E-state index contributed by atoms with van der Waals surface area (Å²) in [6.45, 7) is 8.59. The molecular weight excluding hydrogens is 384 g/mol. The molecule has 4 rings (SSSR count). The Balaban J connectivity index is 0.000000217. The number of halogens is 1. The van der Waals surface area contributed by atoms with E-state index < -0.39 is 5.60 Å². The zero-order chi connectivity index (χ0) is 20.0. The van der Waals surface area contributed by atoms with Crippen molar-refractivity contribution < 1.29 is 19.1 Å². The van der Waals surface area contributed by atoms with Gasteiger partial charge in [0.05, 0.1) is 10.8 Å². The van der Waals surface area contributed by atoms with Gasteiger partial charge in [-0.3, -0.25) is 9.59 Å². The summed E-state index contributed by atoms with van der Waals surface area (Å²) >= 11 is 0. The monoisotopic (exact) mass is 416 g/mol. The zero-order valence-electron chi connectivity index (χ0n) is 17.4. The van der Waals surface area contributed by atoms with Crippen molar-refractivity contribution in [3.05, 3.63) is 0 Å². The lowest BCUT2D eigenvalue weighted by Crippen LogP contribution is -2.40. The van der Waals surface area contributed by atoms with Crippen LogP contribution in [-0.2, 0) is 14.3 Å². The fraction of sp³-hybridized carbons (Fsp3) is 0.842. The first-order valence-corrected chi connectivity index (χ1v) is 9.71. The zero-order valence-corrected chi connectivity index (χ0v) is 18.2. The molecule has 4 fully saturated rings. The number of rotatable bonds is 2. The predicted octanol–water partition coefficient (Wildman–Crippen LogP) is 0.753. The van der Waals surface area contributed by atoms with Gasteiger partial charge in [-0.05, 0) is 52.0 Å². The van der Waals surface area contributed by atoms with E-state index in [1.165, 1.54) is 0 Å². The number of ether oxygens (including phenoxy) is 1. The van der Waals surface area contributed by atoms with Crippen molar-refractivity contribution >= 4 is 30.3 Å². The minimum Gasteiger partial charge on any atom is -0.444 e. The number of carbonyl (C=O) groups excluding carboxylic acids is 3. The Hall–Kier alpha value is -1.54. The molecular formula is C19H33ClN4O4. The molecule has 2 aliphatic heterocycles. The molecule has 4 aliphatic rings. The van der Waals surface area contributed by atoms with Crippen LogP contribution in [0.5, 0.6) is 0 Å². The summed E-state index contributed by atoms with van der Waals surface area (Å²) in [6.07, 6.45) is 1.68. The molecule has 4 atom stereocenters. The van der Waals surface area contributed by atoms with Crippen LogP contribution in [-0.4, -0.2) is 68.7 Å². The predicted molar refractivity (Wildman–Crippen MR) is 107 cm³/mol. The Bertz CT molecular complexity index is 652. The minimum absolute atomic E-state index is 0. The topological polar surface area (TPSA) is 99.8 Å². The van der Waals surface area contributed by atoms with E-state index in [2.05, 4.69) is 16.0 Å². The van der Waals surface area contributed by atoms with Crippen molar-refractivity contribution in [2.75, 3.05) is 40.3 Å². The maximum Gasteiger partial charge on any atom is 0.410 e. The van der Waals surface area contributed by atoms with Gasteiger partial charge >= 0.3 is 6.09 Å². The van der Waals surface area contributed by atoms with Crippen molar-refractivity contribution in [2.24, 2.45) is 22.7 Å². The number of hydrogen-bond donors (Lipinski definition) is 3. The SMILES string of the molecule is CNC(=O)[C@@]12C[C@@H]1CN(C(=O)OC(C)(C)C)C2.CNC(=O)[C@]12CNC[C@H]1C2.Cl. The summed E-state index contributed by atoms with van der Waals surface area (Å²) in [5.74, 6) is 1.22. The van der Waals surface area contributed by atoms with Crippen molar-refractivity contribution in [3.8, 4) is 0 Å². The van der Waals surface area contributed by atoms with Gasteiger partial charge in [-0.2, -0.15) is 0 Å². The Morgan fingerprint density at radius 1 is 1.04 bits per heavy atom. The van der Waals surface area contributed by atoms with Gasteiger partial charge < -0.3 is 25.6 Å². The van der Waals surface area contributed by atoms with Crippen molar-refractivity contribution in [3.63, 3.8) is 0 Å². The van der Waals surface area contributed by atoms with Gasteiger partial charge in [-0.1, -0.05) is 0 Å². The third kappa shape index (κ3) is 4.08. The van der Waals surface area contributed by atoms with Gasteiger partial charge in [0.25, 0.3) is 0 Å². The number of likely N-dealkylation sites (tertiary alicyclic amines) is 1. The molecule has 3 amide bonds. The van der Waals surface area contributed by atoms with Gasteiger partial charge in [0, 0.05) is 33.7 Å². The second-order valence-electron chi connectivity index (χ2n) is 9.26. The molecule has 0 unspecified atom stereocenters. The molecule has 0 aromatic rings. The third-order valence-corrected chi connectivity index (χ3v) is 6.22. The van der Waals surface area contributed by atoms with E-state index in [1.54, 1.807) is 19.0 Å². The van der Waals surface area contributed by atoms with Gasteiger partial charge in [0.15, 0.2) is 0 Å². The number of hydrogen-bond acceptors (Lipinski definition) is 5. The van der Waals surface area contributed by atoms with Crippen LogP contribution in [0.4, 0.5) is 4.79 Å². The van der Waals surface area contributed by atoms with Crippen molar-refractivity contribution in [1.29, 1.82) is 0 Å². The van der Waals surface area contributed by atoms with Crippen molar-refractivity contribution in [1.82, 2.24) is 20.9 Å². The number of piperidine rings is 2. The van der Waals surface area contributed by atoms with E-state index in [0.717, 1.165) is 25.9 Å². The standard InChI is InChI=1S/C12H20N2O3.C7H12N2O.ClH/c1-11(2,3)17-10(16)14-6-8-5-12(8,7-14)9(15)13-4;1-8-6(10)7-2-5(7)3-9-4-7;/h8H,5-7H2,1-4H3,(H,13,15);5,9H,2-4H2,1H3,(H,8,10);1H/t8-,12-;5-,7-;/m11./s1. The highest BCUT2D eigenvalue weighted by Gasteiger charge is 2.65. The van der Waals surface area contributed by atoms with Gasteiger partial charge in [0.1, 0.15) is 5.60 Å².